The summed E-state index contributed by atoms with van der Waals surface area (Å²) in [5, 5.41) is 22.0. The number of nitrogens with zero attached hydrogens (tertiary/aromatic N) is 2. The van der Waals surface area contributed by atoms with Crippen LogP contribution in [0.5, 0.6) is 11.5 Å². The van der Waals surface area contributed by atoms with Gasteiger partial charge in [-0.2, -0.15) is 0 Å². The molecular formula is C6H4N2O2S. The van der Waals surface area contributed by atoms with Crippen molar-refractivity contribution in [1.82, 2.24) is 9.59 Å². The lowest BCUT2D eigenvalue weighted by Crippen LogP contribution is -1.70. The van der Waals surface area contributed by atoms with E-state index in [2.05, 4.69) is 9.59 Å². The Labute approximate surface area is 65.9 Å². The van der Waals surface area contributed by atoms with E-state index in [1.165, 1.54) is 12.1 Å². The number of hydrogen-bond donors (Lipinski definition) is 2. The second-order valence-electron chi connectivity index (χ2n) is 2.05. The lowest BCUT2D eigenvalue weighted by atomic mass is 10.3. The maximum absolute atomic E-state index is 9.20. The van der Waals surface area contributed by atoms with Gasteiger partial charge in [0, 0.05) is 0 Å². The van der Waals surface area contributed by atoms with Gasteiger partial charge in [0.15, 0.2) is 5.52 Å². The maximum atomic E-state index is 9.20. The van der Waals surface area contributed by atoms with Crippen molar-refractivity contribution in [2.45, 2.75) is 0 Å². The van der Waals surface area contributed by atoms with Crippen LogP contribution >= 0.6 is 11.5 Å². The Hall–Kier alpha value is -1.36. The number of aromatic nitrogens is 2. The standard InChI is InChI=1S/C6H4N2O2S/c9-3-1-2-4(10)6-5(3)7-8-11-6/h1-2,9-10H. The van der Waals surface area contributed by atoms with Gasteiger partial charge in [-0.1, -0.05) is 4.49 Å². The molecule has 56 valence electrons. The predicted molar refractivity (Wildman–Crippen MR) is 40.7 cm³/mol. The monoisotopic (exact) mass is 168 g/mol. The molecule has 0 saturated heterocycles. The Morgan fingerprint density at radius 2 is 1.91 bits per heavy atom. The van der Waals surface area contributed by atoms with E-state index in [9.17, 15) is 10.2 Å². The summed E-state index contributed by atoms with van der Waals surface area (Å²) >= 11 is 1.06. The average molecular weight is 168 g/mol. The summed E-state index contributed by atoms with van der Waals surface area (Å²) in [6, 6.07) is 2.80. The highest BCUT2D eigenvalue weighted by Crippen LogP contribution is 2.31. The van der Waals surface area contributed by atoms with Gasteiger partial charge in [0.05, 0.1) is 0 Å². The largest absolute Gasteiger partial charge is 0.506 e. The number of hydrogen-bond acceptors (Lipinski definition) is 5. The molecule has 4 nitrogen and oxygen atoms in total. The summed E-state index contributed by atoms with van der Waals surface area (Å²) in [5.41, 5.74) is 0.356. The number of phenols is 2. The number of aromatic hydroxyl groups is 2. The summed E-state index contributed by atoms with van der Waals surface area (Å²) in [5.74, 6) is 0.152. The van der Waals surface area contributed by atoms with E-state index in [-0.39, 0.29) is 11.5 Å². The third kappa shape index (κ3) is 0.813. The molecule has 2 N–H and O–H groups in total. The third-order valence-electron chi connectivity index (χ3n) is 1.36. The van der Waals surface area contributed by atoms with Gasteiger partial charge >= 0.3 is 0 Å². The molecule has 0 saturated carbocycles. The SMILES string of the molecule is Oc1ccc(O)c2snnc12. The number of fused-ring (bicyclic) bond motifs is 1. The second-order valence-corrected chi connectivity index (χ2v) is 2.81. The molecule has 0 aliphatic carbocycles. The van der Waals surface area contributed by atoms with E-state index < -0.39 is 0 Å². The summed E-state index contributed by atoms with van der Waals surface area (Å²) in [7, 11) is 0. The van der Waals surface area contributed by atoms with Crippen LogP contribution in [0.3, 0.4) is 0 Å². The molecule has 0 amide bonds. The number of phenolic OH excluding ortho intramolecular Hbond substituents is 2. The topological polar surface area (TPSA) is 66.2 Å². The first-order valence-electron chi connectivity index (χ1n) is 2.92. The minimum Gasteiger partial charge on any atom is -0.506 e. The molecule has 0 atom stereocenters. The van der Waals surface area contributed by atoms with Crippen LogP contribution in [0.1, 0.15) is 0 Å². The van der Waals surface area contributed by atoms with E-state index in [1.54, 1.807) is 0 Å². The number of rotatable bonds is 0. The molecule has 0 radical (unpaired) electrons. The van der Waals surface area contributed by atoms with Gasteiger partial charge in [0.2, 0.25) is 0 Å². The first-order chi connectivity index (χ1) is 5.29. The highest BCUT2D eigenvalue weighted by Gasteiger charge is 2.07. The first-order valence-corrected chi connectivity index (χ1v) is 3.69. The Morgan fingerprint density at radius 1 is 1.18 bits per heavy atom. The Bertz CT molecular complexity index is 362. The Kier molecular flexibility index (Phi) is 1.19. The van der Waals surface area contributed by atoms with Crippen LogP contribution in [-0.2, 0) is 0 Å². The van der Waals surface area contributed by atoms with Crippen LogP contribution in [0.25, 0.3) is 10.2 Å². The molecule has 2 aromatic rings. The summed E-state index contributed by atoms with van der Waals surface area (Å²) < 4.78 is 4.11. The van der Waals surface area contributed by atoms with Crippen LogP contribution < -0.4 is 0 Å². The van der Waals surface area contributed by atoms with E-state index in [1.807, 2.05) is 0 Å². The quantitative estimate of drug-likeness (QED) is 0.578. The second kappa shape index (κ2) is 2.06. The lowest BCUT2D eigenvalue weighted by Gasteiger charge is -1.92. The molecule has 0 fully saturated rings. The fourth-order valence-corrected chi connectivity index (χ4v) is 1.44. The zero-order chi connectivity index (χ0) is 7.84. The normalized spacial score (nSPS) is 10.5. The van der Waals surface area contributed by atoms with Crippen molar-refractivity contribution in [3.63, 3.8) is 0 Å². The zero-order valence-electron chi connectivity index (χ0n) is 5.35. The molecule has 0 aliphatic heterocycles. The van der Waals surface area contributed by atoms with Crippen LogP contribution in [0.4, 0.5) is 0 Å². The van der Waals surface area contributed by atoms with Gasteiger partial charge in [-0.3, -0.25) is 0 Å². The molecular weight excluding hydrogens is 164 g/mol. The summed E-state index contributed by atoms with van der Waals surface area (Å²) in [6.45, 7) is 0. The molecule has 0 unspecified atom stereocenters. The van der Waals surface area contributed by atoms with Crippen molar-refractivity contribution in [2.24, 2.45) is 0 Å². The molecule has 1 aromatic carbocycles. The molecule has 5 heteroatoms. The minimum atomic E-state index is 0.0477. The van der Waals surface area contributed by atoms with Crippen molar-refractivity contribution < 1.29 is 10.2 Å². The Balaban J connectivity index is 2.96. The third-order valence-corrected chi connectivity index (χ3v) is 2.11. The summed E-state index contributed by atoms with van der Waals surface area (Å²) in [4.78, 5) is 0. The molecule has 1 heterocycles. The highest BCUT2D eigenvalue weighted by molar-refractivity contribution is 7.13. The smallest absolute Gasteiger partial charge is 0.151 e. The van der Waals surface area contributed by atoms with Crippen LogP contribution in [0, 0.1) is 0 Å². The highest BCUT2D eigenvalue weighted by atomic mass is 32.1. The van der Waals surface area contributed by atoms with Gasteiger partial charge in [0.25, 0.3) is 0 Å². The first kappa shape index (κ1) is 6.36. The van der Waals surface area contributed by atoms with Gasteiger partial charge in [-0.15, -0.1) is 5.10 Å². The fraction of sp³-hybridized carbons (Fsp3) is 0. The van der Waals surface area contributed by atoms with Gasteiger partial charge in [-0.25, -0.2) is 0 Å². The molecule has 0 spiro atoms. The van der Waals surface area contributed by atoms with E-state index in [0.29, 0.717) is 10.2 Å². The molecule has 0 bridgehead atoms. The van der Waals surface area contributed by atoms with Crippen molar-refractivity contribution in [2.75, 3.05) is 0 Å². The van der Waals surface area contributed by atoms with Crippen LogP contribution in [0.15, 0.2) is 12.1 Å². The molecule has 0 aliphatic rings. The fourth-order valence-electron chi connectivity index (χ4n) is 0.839. The predicted octanol–water partition coefficient (Wildman–Crippen LogP) is 1.10. The van der Waals surface area contributed by atoms with E-state index in [4.69, 9.17) is 0 Å². The Morgan fingerprint density at radius 3 is 2.64 bits per heavy atom. The van der Waals surface area contributed by atoms with Crippen LogP contribution in [-0.4, -0.2) is 19.8 Å². The van der Waals surface area contributed by atoms with Gasteiger partial charge in [-0.05, 0) is 23.7 Å². The maximum Gasteiger partial charge on any atom is 0.151 e. The van der Waals surface area contributed by atoms with Crippen molar-refractivity contribution in [3.05, 3.63) is 12.1 Å². The zero-order valence-corrected chi connectivity index (χ0v) is 6.17. The molecule has 1 aromatic heterocycles. The molecule has 2 rings (SSSR count). The van der Waals surface area contributed by atoms with Crippen molar-refractivity contribution in [1.29, 1.82) is 0 Å². The van der Waals surface area contributed by atoms with Crippen molar-refractivity contribution in [3.8, 4) is 11.5 Å². The minimum absolute atomic E-state index is 0.0477. The average Bonchev–Trinajstić information content (AvgIpc) is 2.45. The molecule has 11 heavy (non-hydrogen) atoms. The van der Waals surface area contributed by atoms with E-state index >= 15 is 0 Å². The van der Waals surface area contributed by atoms with Gasteiger partial charge in [0.1, 0.15) is 16.2 Å². The van der Waals surface area contributed by atoms with Crippen LogP contribution in [0.2, 0.25) is 0 Å². The summed E-state index contributed by atoms with van der Waals surface area (Å²) in [6.07, 6.45) is 0. The number of benzene rings is 1. The van der Waals surface area contributed by atoms with E-state index in [0.717, 1.165) is 11.5 Å². The van der Waals surface area contributed by atoms with Crippen molar-refractivity contribution >= 4 is 21.7 Å². The van der Waals surface area contributed by atoms with Gasteiger partial charge < -0.3 is 10.2 Å². The lowest BCUT2D eigenvalue weighted by molar-refractivity contribution is 0.469.